The van der Waals surface area contributed by atoms with E-state index in [1.807, 2.05) is 6.33 Å². The van der Waals surface area contributed by atoms with Crippen molar-refractivity contribution >= 4 is 29.9 Å². The average Bonchev–Trinajstić information content (AvgIpc) is 3.01. The lowest BCUT2D eigenvalue weighted by Crippen LogP contribution is -2.47. The maximum absolute atomic E-state index is 4.82. The van der Waals surface area contributed by atoms with Crippen LogP contribution in [-0.2, 0) is 13.0 Å². The predicted octanol–water partition coefficient (Wildman–Crippen LogP) is 2.94. The molecule has 1 fully saturated rings. The van der Waals surface area contributed by atoms with E-state index in [0.29, 0.717) is 0 Å². The molecule has 1 aromatic heterocycles. The molecule has 0 radical (unpaired) electrons. The molecule has 6 nitrogen and oxygen atoms in total. The lowest BCUT2D eigenvalue weighted by Gasteiger charge is -2.33. The van der Waals surface area contributed by atoms with Crippen LogP contribution in [0.25, 0.3) is 0 Å². The van der Waals surface area contributed by atoms with E-state index in [-0.39, 0.29) is 24.0 Å². The molecule has 1 aliphatic heterocycles. The Bertz CT molecular complexity index is 487. The summed E-state index contributed by atoms with van der Waals surface area (Å²) >= 11 is 0. The SMILES string of the molecule is CCCCN=C(NCCn1cnnc1CC)N1CCCC(C)C1.I. The fourth-order valence-electron chi connectivity index (χ4n) is 3.02. The normalized spacial score (nSPS) is 18.4. The summed E-state index contributed by atoms with van der Waals surface area (Å²) in [6, 6.07) is 0. The van der Waals surface area contributed by atoms with Crippen LogP contribution >= 0.6 is 24.0 Å². The molecule has 1 aromatic rings. The van der Waals surface area contributed by atoms with Gasteiger partial charge in [-0.2, -0.15) is 0 Å². The molecule has 1 N–H and O–H groups in total. The summed E-state index contributed by atoms with van der Waals surface area (Å²) in [5.41, 5.74) is 0. The molecule has 0 amide bonds. The Morgan fingerprint density at radius 2 is 2.25 bits per heavy atom. The highest BCUT2D eigenvalue weighted by atomic mass is 127. The predicted molar refractivity (Wildman–Crippen MR) is 110 cm³/mol. The molecule has 24 heavy (non-hydrogen) atoms. The Morgan fingerprint density at radius 1 is 1.42 bits per heavy atom. The lowest BCUT2D eigenvalue weighted by molar-refractivity contribution is 0.265. The monoisotopic (exact) mass is 448 g/mol. The molecule has 0 aromatic carbocycles. The minimum atomic E-state index is 0. The second-order valence-corrected chi connectivity index (χ2v) is 6.47. The van der Waals surface area contributed by atoms with Gasteiger partial charge in [-0.1, -0.05) is 27.2 Å². The Hall–Kier alpha value is -0.860. The third kappa shape index (κ3) is 6.57. The average molecular weight is 448 g/mol. The minimum absolute atomic E-state index is 0. The minimum Gasteiger partial charge on any atom is -0.354 e. The zero-order chi connectivity index (χ0) is 16.5. The number of halogens is 1. The van der Waals surface area contributed by atoms with Gasteiger partial charge in [-0.25, -0.2) is 0 Å². The third-order valence-corrected chi connectivity index (χ3v) is 4.38. The van der Waals surface area contributed by atoms with Gasteiger partial charge in [0.2, 0.25) is 0 Å². The lowest BCUT2D eigenvalue weighted by atomic mass is 10.0. The Kier molecular flexibility index (Phi) is 10.3. The molecule has 1 saturated heterocycles. The van der Waals surface area contributed by atoms with E-state index < -0.39 is 0 Å². The van der Waals surface area contributed by atoms with Crippen molar-refractivity contribution in [2.75, 3.05) is 26.2 Å². The molecule has 0 aliphatic carbocycles. The fraction of sp³-hybridized carbons (Fsp3) is 0.824. The third-order valence-electron chi connectivity index (χ3n) is 4.38. The van der Waals surface area contributed by atoms with Crippen molar-refractivity contribution in [3.63, 3.8) is 0 Å². The number of guanidine groups is 1. The molecule has 0 bridgehead atoms. The van der Waals surface area contributed by atoms with E-state index in [1.165, 1.54) is 19.3 Å². The number of hydrogen-bond acceptors (Lipinski definition) is 3. The highest BCUT2D eigenvalue weighted by Crippen LogP contribution is 2.15. The van der Waals surface area contributed by atoms with Crippen molar-refractivity contribution in [2.45, 2.75) is 59.4 Å². The molecule has 1 aliphatic rings. The number of aliphatic imine (C=N–C) groups is 1. The van der Waals surface area contributed by atoms with Crippen molar-refractivity contribution in [3.05, 3.63) is 12.2 Å². The number of piperidine rings is 1. The summed E-state index contributed by atoms with van der Waals surface area (Å²) in [4.78, 5) is 7.25. The van der Waals surface area contributed by atoms with Crippen molar-refractivity contribution in [2.24, 2.45) is 10.9 Å². The van der Waals surface area contributed by atoms with Gasteiger partial charge in [0.05, 0.1) is 0 Å². The van der Waals surface area contributed by atoms with E-state index in [1.54, 1.807) is 0 Å². The molecule has 2 heterocycles. The first-order valence-electron chi connectivity index (χ1n) is 9.14. The van der Waals surface area contributed by atoms with Crippen LogP contribution in [0.2, 0.25) is 0 Å². The van der Waals surface area contributed by atoms with E-state index >= 15 is 0 Å². The van der Waals surface area contributed by atoms with E-state index in [9.17, 15) is 0 Å². The number of nitrogens with one attached hydrogen (secondary N) is 1. The zero-order valence-electron chi connectivity index (χ0n) is 15.4. The van der Waals surface area contributed by atoms with Crippen molar-refractivity contribution in [1.29, 1.82) is 0 Å². The second kappa shape index (κ2) is 11.7. The molecule has 1 atom stereocenters. The number of nitrogens with zero attached hydrogens (tertiary/aromatic N) is 5. The summed E-state index contributed by atoms with van der Waals surface area (Å²) in [5.74, 6) is 2.88. The van der Waals surface area contributed by atoms with Gasteiger partial charge in [-0.15, -0.1) is 34.2 Å². The highest BCUT2D eigenvalue weighted by Gasteiger charge is 2.19. The Labute approximate surface area is 163 Å². The molecular weight excluding hydrogens is 415 g/mol. The van der Waals surface area contributed by atoms with Gasteiger partial charge in [0, 0.05) is 39.1 Å². The van der Waals surface area contributed by atoms with Crippen molar-refractivity contribution in [3.8, 4) is 0 Å². The quantitative estimate of drug-likeness (QED) is 0.302. The van der Waals surface area contributed by atoms with Gasteiger partial charge in [0.1, 0.15) is 12.2 Å². The van der Waals surface area contributed by atoms with Crippen molar-refractivity contribution < 1.29 is 0 Å². The van der Waals surface area contributed by atoms with Crippen LogP contribution in [0.3, 0.4) is 0 Å². The van der Waals surface area contributed by atoms with Gasteiger partial charge in [0.15, 0.2) is 5.96 Å². The fourth-order valence-corrected chi connectivity index (χ4v) is 3.02. The van der Waals surface area contributed by atoms with Crippen LogP contribution in [0.5, 0.6) is 0 Å². The number of aryl methyl sites for hydroxylation is 1. The molecule has 0 spiro atoms. The highest BCUT2D eigenvalue weighted by molar-refractivity contribution is 14.0. The first-order valence-corrected chi connectivity index (χ1v) is 9.14. The smallest absolute Gasteiger partial charge is 0.193 e. The largest absolute Gasteiger partial charge is 0.354 e. The van der Waals surface area contributed by atoms with Crippen LogP contribution in [0.1, 0.15) is 52.3 Å². The van der Waals surface area contributed by atoms with E-state index in [0.717, 1.165) is 63.3 Å². The van der Waals surface area contributed by atoms with Crippen LogP contribution in [0, 0.1) is 5.92 Å². The Balaban J connectivity index is 0.00000288. The van der Waals surface area contributed by atoms with Crippen LogP contribution < -0.4 is 5.32 Å². The van der Waals surface area contributed by atoms with Gasteiger partial charge in [-0.3, -0.25) is 4.99 Å². The topological polar surface area (TPSA) is 58.3 Å². The number of aromatic nitrogens is 3. The summed E-state index contributed by atoms with van der Waals surface area (Å²) in [5, 5.41) is 11.7. The molecule has 2 rings (SSSR count). The Morgan fingerprint density at radius 3 is 2.96 bits per heavy atom. The zero-order valence-corrected chi connectivity index (χ0v) is 17.7. The molecular formula is C17H33IN6. The number of likely N-dealkylation sites (tertiary alicyclic amines) is 1. The number of unbranched alkanes of at least 4 members (excludes halogenated alkanes) is 1. The number of rotatable bonds is 7. The van der Waals surface area contributed by atoms with Crippen molar-refractivity contribution in [1.82, 2.24) is 25.0 Å². The van der Waals surface area contributed by atoms with E-state index in [2.05, 4.69) is 45.8 Å². The maximum atomic E-state index is 4.82. The molecule has 7 heteroatoms. The summed E-state index contributed by atoms with van der Waals surface area (Å²) in [6.45, 7) is 11.6. The van der Waals surface area contributed by atoms with Crippen LogP contribution in [0.15, 0.2) is 11.3 Å². The summed E-state index contributed by atoms with van der Waals surface area (Å²) in [7, 11) is 0. The first-order chi connectivity index (χ1) is 11.2. The second-order valence-electron chi connectivity index (χ2n) is 6.47. The van der Waals surface area contributed by atoms with Gasteiger partial charge >= 0.3 is 0 Å². The van der Waals surface area contributed by atoms with Gasteiger partial charge in [-0.05, 0) is 25.2 Å². The molecule has 138 valence electrons. The van der Waals surface area contributed by atoms with Crippen LogP contribution in [0.4, 0.5) is 0 Å². The standard InChI is InChI=1S/C17H32N6.HI/c1-4-6-9-18-17(22-11-7-8-15(3)13-22)19-10-12-23-14-20-21-16(23)5-2;/h14-15H,4-13H2,1-3H3,(H,18,19);1H. The first kappa shape index (κ1) is 21.2. The van der Waals surface area contributed by atoms with Gasteiger partial charge < -0.3 is 14.8 Å². The summed E-state index contributed by atoms with van der Waals surface area (Å²) < 4.78 is 2.12. The molecule has 0 saturated carbocycles. The van der Waals surface area contributed by atoms with Gasteiger partial charge in [0.25, 0.3) is 0 Å². The van der Waals surface area contributed by atoms with E-state index in [4.69, 9.17) is 4.99 Å². The molecule has 1 unspecified atom stereocenters. The maximum Gasteiger partial charge on any atom is 0.193 e. The number of hydrogen-bond donors (Lipinski definition) is 1. The summed E-state index contributed by atoms with van der Waals surface area (Å²) in [6.07, 6.45) is 7.67. The van der Waals surface area contributed by atoms with Crippen LogP contribution in [-0.4, -0.2) is 51.8 Å².